The minimum atomic E-state index is 0.126. The van der Waals surface area contributed by atoms with Crippen LogP contribution in [0.4, 0.5) is 11.5 Å². The zero-order chi connectivity index (χ0) is 19.7. The van der Waals surface area contributed by atoms with Gasteiger partial charge < -0.3 is 15.8 Å². The van der Waals surface area contributed by atoms with Gasteiger partial charge >= 0.3 is 0 Å². The van der Waals surface area contributed by atoms with Crippen molar-refractivity contribution in [1.82, 2.24) is 20.5 Å². The summed E-state index contributed by atoms with van der Waals surface area (Å²) in [4.78, 5) is 4.22. The highest BCUT2D eigenvalue weighted by atomic mass is 35.5. The molecule has 1 aliphatic heterocycles. The second-order valence-electron chi connectivity index (χ2n) is 6.75. The Balaban J connectivity index is 1.54. The van der Waals surface area contributed by atoms with Crippen molar-refractivity contribution in [3.05, 3.63) is 58.7 Å². The minimum absolute atomic E-state index is 0.126. The molecule has 1 aromatic heterocycles. The number of nitrogens with zero attached hydrogens (tertiary/aromatic N) is 3. The predicted molar refractivity (Wildman–Crippen MR) is 110 cm³/mol. The van der Waals surface area contributed by atoms with Gasteiger partial charge in [0.25, 0.3) is 0 Å². The van der Waals surface area contributed by atoms with E-state index in [9.17, 15) is 0 Å². The molecule has 0 amide bonds. The third-order valence-corrected chi connectivity index (χ3v) is 5.10. The van der Waals surface area contributed by atoms with E-state index in [1.54, 1.807) is 7.11 Å². The Hall–Kier alpha value is -2.90. The Morgan fingerprint density at radius 3 is 2.64 bits per heavy atom. The number of hydrogen-bond donors (Lipinski definition) is 3. The van der Waals surface area contributed by atoms with Crippen molar-refractivity contribution in [2.24, 2.45) is 0 Å². The van der Waals surface area contributed by atoms with E-state index in [4.69, 9.17) is 22.1 Å². The molecule has 144 valence electrons. The molecule has 3 aromatic rings. The molecule has 0 fully saturated rings. The molecule has 28 heavy (non-hydrogen) atoms. The maximum absolute atomic E-state index is 5.98. The molecule has 0 radical (unpaired) electrons. The Morgan fingerprint density at radius 2 is 1.93 bits per heavy atom. The molecule has 0 aliphatic carbocycles. The second kappa shape index (κ2) is 7.61. The normalized spacial score (nSPS) is 18.2. The van der Waals surface area contributed by atoms with E-state index in [0.29, 0.717) is 5.82 Å². The van der Waals surface area contributed by atoms with E-state index in [1.807, 2.05) is 30.3 Å². The number of benzene rings is 2. The van der Waals surface area contributed by atoms with Crippen LogP contribution >= 0.6 is 11.6 Å². The first-order valence-corrected chi connectivity index (χ1v) is 9.37. The number of methoxy groups -OCH3 is 1. The summed E-state index contributed by atoms with van der Waals surface area (Å²) in [5.74, 6) is 1.44. The van der Waals surface area contributed by atoms with E-state index >= 15 is 0 Å². The predicted octanol–water partition coefficient (Wildman–Crippen LogP) is 3.43. The number of aromatic nitrogens is 3. The van der Waals surface area contributed by atoms with Crippen LogP contribution in [0.5, 0.6) is 5.75 Å². The number of nitrogen functional groups attached to an aromatic ring is 1. The van der Waals surface area contributed by atoms with Gasteiger partial charge in [0.15, 0.2) is 16.8 Å². The second-order valence-corrected chi connectivity index (χ2v) is 7.11. The zero-order valence-corrected chi connectivity index (χ0v) is 16.4. The van der Waals surface area contributed by atoms with Crippen LogP contribution in [0.1, 0.15) is 24.1 Å². The molecule has 2 heterocycles. The van der Waals surface area contributed by atoms with Gasteiger partial charge in [-0.1, -0.05) is 23.7 Å². The molecule has 4 N–H and O–H groups in total. The molecule has 4 rings (SSSR count). The molecule has 7 nitrogen and oxygen atoms in total. The van der Waals surface area contributed by atoms with Crippen LogP contribution in [0.2, 0.25) is 5.15 Å². The lowest BCUT2D eigenvalue weighted by Crippen LogP contribution is -2.43. The fraction of sp³-hybridized carbons (Fsp3) is 0.250. The monoisotopic (exact) mass is 396 g/mol. The van der Waals surface area contributed by atoms with Crippen molar-refractivity contribution in [1.29, 1.82) is 0 Å². The van der Waals surface area contributed by atoms with Crippen molar-refractivity contribution >= 4 is 23.1 Å². The van der Waals surface area contributed by atoms with E-state index in [-0.39, 0.29) is 23.2 Å². The topological polar surface area (TPSA) is 98.0 Å². The first-order chi connectivity index (χ1) is 13.5. The van der Waals surface area contributed by atoms with E-state index < -0.39 is 0 Å². The van der Waals surface area contributed by atoms with Crippen LogP contribution in [-0.4, -0.2) is 28.5 Å². The van der Waals surface area contributed by atoms with E-state index in [1.165, 1.54) is 5.56 Å². The zero-order valence-electron chi connectivity index (χ0n) is 15.6. The summed E-state index contributed by atoms with van der Waals surface area (Å²) < 4.78 is 5.22. The number of hydrogen-bond acceptors (Lipinski definition) is 7. The summed E-state index contributed by atoms with van der Waals surface area (Å²) in [6.45, 7) is 2.14. The number of anilines is 2. The molecular weight excluding hydrogens is 376 g/mol. The average Bonchev–Trinajstić information content (AvgIpc) is 2.70. The maximum Gasteiger partial charge on any atom is 0.183 e. The standard InChI is InChI=1S/C20H21ClN6O/c1-11-15-10-13(20-25-18(21)19(22)26-27-20)5-8-16(15)24-17(23-11)9-12-3-6-14(28-2)7-4-12/h3-8,10-11,17,23-24H,9H2,1-2H3,(H2,22,26). The fourth-order valence-electron chi connectivity index (χ4n) is 3.36. The van der Waals surface area contributed by atoms with Crippen LogP contribution in [0, 0.1) is 0 Å². The van der Waals surface area contributed by atoms with Crippen molar-refractivity contribution < 1.29 is 4.74 Å². The number of rotatable bonds is 4. The van der Waals surface area contributed by atoms with Crippen LogP contribution in [0.3, 0.4) is 0 Å². The lowest BCUT2D eigenvalue weighted by molar-refractivity contribution is 0.414. The van der Waals surface area contributed by atoms with Crippen LogP contribution in [-0.2, 0) is 6.42 Å². The van der Waals surface area contributed by atoms with Gasteiger partial charge in [0.05, 0.1) is 13.3 Å². The maximum atomic E-state index is 5.98. The third-order valence-electron chi connectivity index (χ3n) is 4.82. The average molecular weight is 397 g/mol. The number of fused-ring (bicyclic) bond motifs is 1. The number of nitrogens with one attached hydrogen (secondary N) is 2. The highest BCUT2D eigenvalue weighted by molar-refractivity contribution is 6.31. The van der Waals surface area contributed by atoms with Gasteiger partial charge in [0.2, 0.25) is 0 Å². The number of ether oxygens (including phenoxy) is 1. The molecule has 0 saturated carbocycles. The Kier molecular flexibility index (Phi) is 5.02. The van der Waals surface area contributed by atoms with Crippen molar-refractivity contribution in [2.75, 3.05) is 18.2 Å². The molecule has 0 bridgehead atoms. The first-order valence-electron chi connectivity index (χ1n) is 8.99. The molecule has 0 saturated heterocycles. The first kappa shape index (κ1) is 18.5. The molecule has 2 atom stereocenters. The van der Waals surface area contributed by atoms with Gasteiger partial charge in [0.1, 0.15) is 5.75 Å². The summed E-state index contributed by atoms with van der Waals surface area (Å²) >= 11 is 5.98. The van der Waals surface area contributed by atoms with Gasteiger partial charge in [-0.3, -0.25) is 5.32 Å². The smallest absolute Gasteiger partial charge is 0.183 e. The Bertz CT molecular complexity index is 994. The third kappa shape index (κ3) is 3.72. The highest BCUT2D eigenvalue weighted by Crippen LogP contribution is 2.32. The lowest BCUT2D eigenvalue weighted by Gasteiger charge is -2.33. The number of nitrogens with two attached hydrogens (primary N) is 1. The molecule has 2 unspecified atom stereocenters. The van der Waals surface area contributed by atoms with Crippen LogP contribution < -0.4 is 21.1 Å². The fourth-order valence-corrected chi connectivity index (χ4v) is 3.47. The summed E-state index contributed by atoms with van der Waals surface area (Å²) in [5.41, 5.74) is 9.90. The van der Waals surface area contributed by atoms with Crippen LogP contribution in [0.15, 0.2) is 42.5 Å². The molecule has 8 heteroatoms. The number of halogens is 1. The van der Waals surface area contributed by atoms with Gasteiger partial charge in [-0.2, -0.15) is 0 Å². The van der Waals surface area contributed by atoms with Gasteiger partial charge in [0, 0.05) is 23.7 Å². The molecule has 1 aliphatic rings. The van der Waals surface area contributed by atoms with Crippen LogP contribution in [0.25, 0.3) is 11.4 Å². The van der Waals surface area contributed by atoms with E-state index in [0.717, 1.165) is 29.0 Å². The lowest BCUT2D eigenvalue weighted by atomic mass is 9.98. The van der Waals surface area contributed by atoms with E-state index in [2.05, 4.69) is 44.9 Å². The minimum Gasteiger partial charge on any atom is -0.497 e. The largest absolute Gasteiger partial charge is 0.497 e. The van der Waals surface area contributed by atoms with Gasteiger partial charge in [-0.15, -0.1) is 10.2 Å². The highest BCUT2D eigenvalue weighted by Gasteiger charge is 2.23. The van der Waals surface area contributed by atoms with Crippen molar-refractivity contribution in [2.45, 2.75) is 25.6 Å². The van der Waals surface area contributed by atoms with Crippen molar-refractivity contribution in [3.8, 4) is 17.1 Å². The summed E-state index contributed by atoms with van der Waals surface area (Å²) in [7, 11) is 1.67. The van der Waals surface area contributed by atoms with Gasteiger partial charge in [-0.25, -0.2) is 4.98 Å². The molecule has 0 spiro atoms. The quantitative estimate of drug-likeness (QED) is 0.621. The molecule has 2 aromatic carbocycles. The van der Waals surface area contributed by atoms with Gasteiger partial charge in [-0.05, 0) is 48.4 Å². The summed E-state index contributed by atoms with van der Waals surface area (Å²) in [5, 5.41) is 15.2. The Morgan fingerprint density at radius 1 is 1.14 bits per heavy atom. The summed E-state index contributed by atoms with van der Waals surface area (Å²) in [6.07, 6.45) is 0.987. The Labute approximate surface area is 168 Å². The molecular formula is C20H21ClN6O. The summed E-state index contributed by atoms with van der Waals surface area (Å²) in [6, 6.07) is 14.3. The SMILES string of the molecule is COc1ccc(CC2Nc3ccc(-c4nnc(N)c(Cl)n4)cc3C(C)N2)cc1. The van der Waals surface area contributed by atoms with Crippen molar-refractivity contribution in [3.63, 3.8) is 0 Å².